The first-order valence-corrected chi connectivity index (χ1v) is 7.23. The van der Waals surface area contributed by atoms with Crippen LogP contribution in [0.5, 0.6) is 17.2 Å². The molecule has 0 saturated heterocycles. The summed E-state index contributed by atoms with van der Waals surface area (Å²) in [4.78, 5) is 0. The highest BCUT2D eigenvalue weighted by atomic mass is 16.5. The van der Waals surface area contributed by atoms with E-state index < -0.39 is 0 Å². The van der Waals surface area contributed by atoms with Gasteiger partial charge in [0.1, 0.15) is 17.2 Å². The zero-order valence-corrected chi connectivity index (χ0v) is 12.4. The average Bonchev–Trinajstić information content (AvgIpc) is 3.10. The van der Waals surface area contributed by atoms with Crippen LogP contribution < -0.4 is 19.9 Å². The monoisotopic (exact) mass is 277 g/mol. The van der Waals surface area contributed by atoms with E-state index in [1.807, 2.05) is 12.1 Å². The Balaban J connectivity index is 1.93. The third-order valence-electron chi connectivity index (χ3n) is 4.87. The quantitative estimate of drug-likeness (QED) is 0.899. The van der Waals surface area contributed by atoms with Crippen molar-refractivity contribution in [3.63, 3.8) is 0 Å². The molecule has 1 aromatic carbocycles. The molecule has 0 bridgehead atoms. The van der Waals surface area contributed by atoms with E-state index in [2.05, 4.69) is 0 Å². The number of hydrogen-bond donors (Lipinski definition) is 1. The van der Waals surface area contributed by atoms with Crippen molar-refractivity contribution in [2.45, 2.75) is 25.3 Å². The summed E-state index contributed by atoms with van der Waals surface area (Å²) in [6.45, 7) is 0. The molecule has 2 fully saturated rings. The zero-order valence-electron chi connectivity index (χ0n) is 12.4. The standard InChI is InChI=1S/C16H23NO3/c1-18-12-7-13(19-2)15(14(8-12)20-3)16(17)11-5-9-4-10(9)6-11/h7-11,16H,4-6,17H2,1-3H3. The molecule has 0 spiro atoms. The summed E-state index contributed by atoms with van der Waals surface area (Å²) in [6, 6.07) is 3.74. The van der Waals surface area contributed by atoms with Crippen LogP contribution in [0.25, 0.3) is 0 Å². The Labute approximate surface area is 120 Å². The molecule has 1 aromatic rings. The number of rotatable bonds is 5. The van der Waals surface area contributed by atoms with Crippen LogP contribution in [-0.2, 0) is 0 Å². The third-order valence-corrected chi connectivity index (χ3v) is 4.87. The largest absolute Gasteiger partial charge is 0.496 e. The van der Waals surface area contributed by atoms with Crippen molar-refractivity contribution >= 4 is 0 Å². The summed E-state index contributed by atoms with van der Waals surface area (Å²) in [5, 5.41) is 0. The summed E-state index contributed by atoms with van der Waals surface area (Å²) in [6.07, 6.45) is 3.88. The summed E-state index contributed by atoms with van der Waals surface area (Å²) >= 11 is 0. The van der Waals surface area contributed by atoms with Gasteiger partial charge in [-0.3, -0.25) is 0 Å². The van der Waals surface area contributed by atoms with Gasteiger partial charge in [0.25, 0.3) is 0 Å². The van der Waals surface area contributed by atoms with Gasteiger partial charge >= 0.3 is 0 Å². The fraction of sp³-hybridized carbons (Fsp3) is 0.625. The van der Waals surface area contributed by atoms with Crippen LogP contribution >= 0.6 is 0 Å². The second-order valence-electron chi connectivity index (χ2n) is 5.96. The zero-order chi connectivity index (χ0) is 14.3. The summed E-state index contributed by atoms with van der Waals surface area (Å²) in [5.41, 5.74) is 7.50. The molecular weight excluding hydrogens is 254 g/mol. The SMILES string of the molecule is COc1cc(OC)c(C(N)C2CC3CC3C2)c(OC)c1. The first kappa shape index (κ1) is 13.6. The number of ether oxygens (including phenoxy) is 3. The Kier molecular flexibility index (Phi) is 3.50. The summed E-state index contributed by atoms with van der Waals surface area (Å²) < 4.78 is 16.3. The van der Waals surface area contributed by atoms with Crippen LogP contribution in [0, 0.1) is 17.8 Å². The number of benzene rings is 1. The number of fused-ring (bicyclic) bond motifs is 1. The van der Waals surface area contributed by atoms with Crippen LogP contribution in [0.15, 0.2) is 12.1 Å². The van der Waals surface area contributed by atoms with Gasteiger partial charge in [0.15, 0.2) is 0 Å². The van der Waals surface area contributed by atoms with Gasteiger partial charge in [-0.05, 0) is 37.0 Å². The summed E-state index contributed by atoms with van der Waals surface area (Å²) in [7, 11) is 4.96. The molecule has 0 heterocycles. The van der Waals surface area contributed by atoms with E-state index in [0.717, 1.165) is 34.6 Å². The number of hydrogen-bond acceptors (Lipinski definition) is 4. The minimum absolute atomic E-state index is 0.0291. The van der Waals surface area contributed by atoms with Gasteiger partial charge in [0, 0.05) is 18.2 Å². The van der Waals surface area contributed by atoms with Crippen molar-refractivity contribution in [2.75, 3.05) is 21.3 Å². The van der Waals surface area contributed by atoms with Gasteiger partial charge in [-0.25, -0.2) is 0 Å². The van der Waals surface area contributed by atoms with Crippen molar-refractivity contribution < 1.29 is 14.2 Å². The Bertz CT molecular complexity index is 467. The lowest BCUT2D eigenvalue weighted by Gasteiger charge is -2.25. The predicted molar refractivity (Wildman–Crippen MR) is 77.3 cm³/mol. The Hall–Kier alpha value is -1.42. The molecule has 3 unspecified atom stereocenters. The van der Waals surface area contributed by atoms with E-state index in [4.69, 9.17) is 19.9 Å². The lowest BCUT2D eigenvalue weighted by molar-refractivity contribution is 0.339. The highest BCUT2D eigenvalue weighted by molar-refractivity contribution is 5.52. The maximum Gasteiger partial charge on any atom is 0.131 e. The molecule has 2 saturated carbocycles. The Morgan fingerprint density at radius 1 is 0.950 bits per heavy atom. The van der Waals surface area contributed by atoms with Crippen molar-refractivity contribution in [3.8, 4) is 17.2 Å². The fourth-order valence-electron chi connectivity index (χ4n) is 3.65. The molecule has 110 valence electrons. The molecule has 4 nitrogen and oxygen atoms in total. The maximum atomic E-state index is 6.53. The first-order chi connectivity index (χ1) is 9.67. The van der Waals surface area contributed by atoms with E-state index in [1.54, 1.807) is 21.3 Å². The topological polar surface area (TPSA) is 53.7 Å². The lowest BCUT2D eigenvalue weighted by atomic mass is 9.88. The molecule has 3 rings (SSSR count). The summed E-state index contributed by atoms with van der Waals surface area (Å²) in [5.74, 6) is 4.62. The molecule has 0 aromatic heterocycles. The Morgan fingerprint density at radius 3 is 1.95 bits per heavy atom. The maximum absolute atomic E-state index is 6.53. The highest BCUT2D eigenvalue weighted by Gasteiger charge is 2.48. The van der Waals surface area contributed by atoms with E-state index in [0.29, 0.717) is 5.92 Å². The molecule has 20 heavy (non-hydrogen) atoms. The van der Waals surface area contributed by atoms with Crippen molar-refractivity contribution in [2.24, 2.45) is 23.5 Å². The minimum Gasteiger partial charge on any atom is -0.496 e. The lowest BCUT2D eigenvalue weighted by Crippen LogP contribution is -2.22. The van der Waals surface area contributed by atoms with Crippen molar-refractivity contribution in [3.05, 3.63) is 17.7 Å². The fourth-order valence-corrected chi connectivity index (χ4v) is 3.65. The van der Waals surface area contributed by atoms with E-state index in [1.165, 1.54) is 19.3 Å². The predicted octanol–water partition coefficient (Wildman–Crippen LogP) is 2.76. The second kappa shape index (κ2) is 5.17. The van der Waals surface area contributed by atoms with Gasteiger partial charge < -0.3 is 19.9 Å². The van der Waals surface area contributed by atoms with Gasteiger partial charge in [0.05, 0.1) is 26.9 Å². The molecule has 2 N–H and O–H groups in total. The van der Waals surface area contributed by atoms with Gasteiger partial charge in [-0.15, -0.1) is 0 Å². The molecular formula is C16H23NO3. The van der Waals surface area contributed by atoms with Crippen LogP contribution in [0.3, 0.4) is 0 Å². The van der Waals surface area contributed by atoms with E-state index >= 15 is 0 Å². The van der Waals surface area contributed by atoms with Crippen LogP contribution in [-0.4, -0.2) is 21.3 Å². The van der Waals surface area contributed by atoms with Gasteiger partial charge in [-0.1, -0.05) is 0 Å². The smallest absolute Gasteiger partial charge is 0.131 e. The molecule has 2 aliphatic rings. The number of nitrogens with two attached hydrogens (primary N) is 1. The normalized spacial score (nSPS) is 28.7. The molecule has 4 heteroatoms. The van der Waals surface area contributed by atoms with Crippen molar-refractivity contribution in [1.82, 2.24) is 0 Å². The average molecular weight is 277 g/mol. The van der Waals surface area contributed by atoms with Crippen molar-refractivity contribution in [1.29, 1.82) is 0 Å². The molecule has 3 atom stereocenters. The molecule has 0 aliphatic heterocycles. The van der Waals surface area contributed by atoms with E-state index in [-0.39, 0.29) is 6.04 Å². The first-order valence-electron chi connectivity index (χ1n) is 7.23. The molecule has 0 radical (unpaired) electrons. The van der Waals surface area contributed by atoms with Crippen LogP contribution in [0.4, 0.5) is 0 Å². The minimum atomic E-state index is -0.0291. The third kappa shape index (κ3) is 2.22. The van der Waals surface area contributed by atoms with E-state index in [9.17, 15) is 0 Å². The molecule has 0 amide bonds. The highest BCUT2D eigenvalue weighted by Crippen LogP contribution is 2.57. The molecule has 2 aliphatic carbocycles. The number of methoxy groups -OCH3 is 3. The van der Waals surface area contributed by atoms with Crippen LogP contribution in [0.2, 0.25) is 0 Å². The second-order valence-corrected chi connectivity index (χ2v) is 5.96. The van der Waals surface area contributed by atoms with Crippen LogP contribution in [0.1, 0.15) is 30.9 Å². The van der Waals surface area contributed by atoms with Gasteiger partial charge in [0.2, 0.25) is 0 Å². The Morgan fingerprint density at radius 2 is 1.50 bits per heavy atom. The van der Waals surface area contributed by atoms with Gasteiger partial charge in [-0.2, -0.15) is 0 Å².